The van der Waals surface area contributed by atoms with Gasteiger partial charge >= 0.3 is 0 Å². The summed E-state index contributed by atoms with van der Waals surface area (Å²) in [5.41, 5.74) is 0. The van der Waals surface area contributed by atoms with Crippen molar-refractivity contribution in [3.05, 3.63) is 0 Å². The summed E-state index contributed by atoms with van der Waals surface area (Å²) in [6.45, 7) is 6.89. The van der Waals surface area contributed by atoms with Gasteiger partial charge in [-0.05, 0) is 31.9 Å². The molecular weight excluding hydrogens is 178 g/mol. The van der Waals surface area contributed by atoms with Crippen LogP contribution in [-0.2, 0) is 0 Å². The van der Waals surface area contributed by atoms with Gasteiger partial charge in [0.1, 0.15) is 0 Å². The van der Waals surface area contributed by atoms with E-state index in [2.05, 4.69) is 32.3 Å². The van der Waals surface area contributed by atoms with Crippen molar-refractivity contribution in [3.63, 3.8) is 0 Å². The van der Waals surface area contributed by atoms with Gasteiger partial charge in [0.15, 0.2) is 0 Å². The highest BCUT2D eigenvalue weighted by atomic mass is 32.2. The minimum Gasteiger partial charge on any atom is -0.310 e. The Morgan fingerprint density at radius 2 is 1.92 bits per heavy atom. The van der Waals surface area contributed by atoms with Gasteiger partial charge in [-0.25, -0.2) is 0 Å². The summed E-state index contributed by atoms with van der Waals surface area (Å²) >= 11 is 2.03. The number of nitrogens with one attached hydrogen (secondary N) is 1. The topological polar surface area (TPSA) is 12.0 Å². The molecule has 0 aromatic carbocycles. The van der Waals surface area contributed by atoms with E-state index in [0.717, 1.165) is 17.2 Å². The Kier molecular flexibility index (Phi) is 4.60. The van der Waals surface area contributed by atoms with Crippen LogP contribution in [0.1, 0.15) is 40.0 Å². The lowest BCUT2D eigenvalue weighted by Gasteiger charge is -2.26. The molecule has 1 saturated carbocycles. The molecule has 0 saturated heterocycles. The molecular formula is C11H23NS. The molecule has 1 aliphatic carbocycles. The number of rotatable bonds is 4. The molecule has 78 valence electrons. The van der Waals surface area contributed by atoms with Crippen molar-refractivity contribution in [3.8, 4) is 0 Å². The number of hydrogen-bond donors (Lipinski definition) is 1. The van der Waals surface area contributed by atoms with Crippen molar-refractivity contribution in [2.24, 2.45) is 5.92 Å². The third-order valence-electron chi connectivity index (χ3n) is 3.23. The van der Waals surface area contributed by atoms with Crippen molar-refractivity contribution >= 4 is 11.8 Å². The first-order valence-corrected chi connectivity index (χ1v) is 6.72. The smallest absolute Gasteiger partial charge is 0.0198 e. The molecule has 13 heavy (non-hydrogen) atoms. The van der Waals surface area contributed by atoms with Gasteiger partial charge in [-0.15, -0.1) is 0 Å². The molecule has 3 unspecified atom stereocenters. The fraction of sp³-hybridized carbons (Fsp3) is 1.00. The Morgan fingerprint density at radius 3 is 2.46 bits per heavy atom. The molecule has 0 aliphatic heterocycles. The summed E-state index contributed by atoms with van der Waals surface area (Å²) in [7, 11) is 0. The van der Waals surface area contributed by atoms with Crippen LogP contribution in [-0.4, -0.2) is 23.6 Å². The Bertz CT molecular complexity index is 147. The highest BCUT2D eigenvalue weighted by molar-refractivity contribution is 7.99. The standard InChI is InChI=1S/C11H23NS/c1-8(2)9(3)12-10-6-5-7-11(10)13-4/h8-12H,5-7H2,1-4H3. The van der Waals surface area contributed by atoms with E-state index in [1.165, 1.54) is 19.3 Å². The van der Waals surface area contributed by atoms with Crippen LogP contribution in [0.5, 0.6) is 0 Å². The zero-order chi connectivity index (χ0) is 9.84. The maximum atomic E-state index is 3.76. The highest BCUT2D eigenvalue weighted by Crippen LogP contribution is 2.28. The largest absolute Gasteiger partial charge is 0.310 e. The summed E-state index contributed by atoms with van der Waals surface area (Å²) in [5.74, 6) is 0.753. The van der Waals surface area contributed by atoms with Gasteiger partial charge in [-0.2, -0.15) is 11.8 Å². The summed E-state index contributed by atoms with van der Waals surface area (Å²) in [4.78, 5) is 0. The van der Waals surface area contributed by atoms with E-state index in [4.69, 9.17) is 0 Å². The third-order valence-corrected chi connectivity index (χ3v) is 4.40. The molecule has 1 nitrogen and oxygen atoms in total. The first-order valence-electron chi connectivity index (χ1n) is 5.44. The molecule has 1 aliphatic rings. The average molecular weight is 201 g/mol. The first-order chi connectivity index (χ1) is 6.15. The maximum Gasteiger partial charge on any atom is 0.0198 e. The van der Waals surface area contributed by atoms with Crippen LogP contribution in [0.2, 0.25) is 0 Å². The second-order valence-corrected chi connectivity index (χ2v) is 5.59. The van der Waals surface area contributed by atoms with Crippen molar-refractivity contribution in [1.82, 2.24) is 5.32 Å². The zero-order valence-corrected chi connectivity index (χ0v) is 10.2. The Morgan fingerprint density at radius 1 is 1.23 bits per heavy atom. The van der Waals surface area contributed by atoms with Crippen molar-refractivity contribution in [2.75, 3.05) is 6.26 Å². The molecule has 0 bridgehead atoms. The second kappa shape index (κ2) is 5.26. The van der Waals surface area contributed by atoms with Crippen LogP contribution in [0.25, 0.3) is 0 Å². The van der Waals surface area contributed by atoms with Crippen LogP contribution in [0.15, 0.2) is 0 Å². The van der Waals surface area contributed by atoms with Crippen LogP contribution in [0.4, 0.5) is 0 Å². The van der Waals surface area contributed by atoms with Gasteiger partial charge in [-0.3, -0.25) is 0 Å². The van der Waals surface area contributed by atoms with E-state index in [-0.39, 0.29) is 0 Å². The normalized spacial score (nSPS) is 31.2. The van der Waals surface area contributed by atoms with E-state index in [9.17, 15) is 0 Å². The van der Waals surface area contributed by atoms with E-state index >= 15 is 0 Å². The van der Waals surface area contributed by atoms with Crippen molar-refractivity contribution in [1.29, 1.82) is 0 Å². The molecule has 0 aromatic heterocycles. The lowest BCUT2D eigenvalue weighted by atomic mass is 10.1. The SMILES string of the molecule is CSC1CCCC1NC(C)C(C)C. The molecule has 0 aromatic rings. The second-order valence-electron chi connectivity index (χ2n) is 4.51. The van der Waals surface area contributed by atoms with Gasteiger partial charge in [0.2, 0.25) is 0 Å². The summed E-state index contributed by atoms with van der Waals surface area (Å²) in [6, 6.07) is 1.44. The van der Waals surface area contributed by atoms with Gasteiger partial charge < -0.3 is 5.32 Å². The fourth-order valence-corrected chi connectivity index (χ4v) is 2.87. The van der Waals surface area contributed by atoms with Gasteiger partial charge in [0.05, 0.1) is 0 Å². The molecule has 2 heteroatoms. The highest BCUT2D eigenvalue weighted by Gasteiger charge is 2.27. The summed E-state index contributed by atoms with van der Waals surface area (Å²) < 4.78 is 0. The average Bonchev–Trinajstić information content (AvgIpc) is 2.51. The predicted molar refractivity (Wildman–Crippen MR) is 62.4 cm³/mol. The van der Waals surface area contributed by atoms with Gasteiger partial charge in [0, 0.05) is 17.3 Å². The number of hydrogen-bond acceptors (Lipinski definition) is 2. The lowest BCUT2D eigenvalue weighted by Crippen LogP contribution is -2.42. The Balaban J connectivity index is 2.34. The minimum atomic E-state index is 0.665. The maximum absolute atomic E-state index is 3.76. The van der Waals surface area contributed by atoms with E-state index < -0.39 is 0 Å². The van der Waals surface area contributed by atoms with Crippen LogP contribution < -0.4 is 5.32 Å². The molecule has 0 radical (unpaired) electrons. The molecule has 1 rings (SSSR count). The monoisotopic (exact) mass is 201 g/mol. The lowest BCUT2D eigenvalue weighted by molar-refractivity contribution is 0.377. The summed E-state index contributed by atoms with van der Waals surface area (Å²) in [6.07, 6.45) is 6.44. The van der Waals surface area contributed by atoms with Crippen LogP contribution >= 0.6 is 11.8 Å². The Hall–Kier alpha value is 0.310. The third kappa shape index (κ3) is 3.17. The molecule has 1 fully saturated rings. The van der Waals surface area contributed by atoms with Gasteiger partial charge in [0.25, 0.3) is 0 Å². The van der Waals surface area contributed by atoms with Crippen LogP contribution in [0, 0.1) is 5.92 Å². The zero-order valence-electron chi connectivity index (χ0n) is 9.34. The van der Waals surface area contributed by atoms with E-state index in [1.54, 1.807) is 0 Å². The molecule has 0 spiro atoms. The molecule has 3 atom stereocenters. The molecule has 0 heterocycles. The first kappa shape index (κ1) is 11.4. The fourth-order valence-electron chi connectivity index (χ4n) is 1.93. The van der Waals surface area contributed by atoms with Crippen molar-refractivity contribution < 1.29 is 0 Å². The Labute approximate surface area is 87.1 Å². The number of thioether (sulfide) groups is 1. The molecule has 0 amide bonds. The van der Waals surface area contributed by atoms with Gasteiger partial charge in [-0.1, -0.05) is 20.3 Å². The minimum absolute atomic E-state index is 0.665. The van der Waals surface area contributed by atoms with E-state index in [0.29, 0.717) is 6.04 Å². The van der Waals surface area contributed by atoms with Crippen molar-refractivity contribution in [2.45, 2.75) is 57.4 Å². The molecule has 1 N–H and O–H groups in total. The predicted octanol–water partition coefficient (Wildman–Crippen LogP) is 2.90. The van der Waals surface area contributed by atoms with E-state index in [1.807, 2.05) is 11.8 Å². The quantitative estimate of drug-likeness (QED) is 0.750. The summed E-state index contributed by atoms with van der Waals surface area (Å²) in [5, 5.41) is 4.62. The van der Waals surface area contributed by atoms with Crippen LogP contribution in [0.3, 0.4) is 0 Å².